The van der Waals surface area contributed by atoms with Gasteiger partial charge in [0.25, 0.3) is 5.69 Å². The Morgan fingerprint density at radius 2 is 1.76 bits per heavy atom. The van der Waals surface area contributed by atoms with Gasteiger partial charge in [-0.1, -0.05) is 23.8 Å². The van der Waals surface area contributed by atoms with Crippen LogP contribution in [0.1, 0.15) is 16.7 Å². The van der Waals surface area contributed by atoms with Crippen LogP contribution in [0.5, 0.6) is 11.5 Å². The maximum Gasteiger partial charge on any atom is 0.339 e. The first-order chi connectivity index (χ1) is 15.7. The number of ether oxygens (including phenoxy) is 1. The van der Waals surface area contributed by atoms with Gasteiger partial charge in [-0.15, -0.1) is 6.58 Å². The molecule has 33 heavy (non-hydrogen) atoms. The van der Waals surface area contributed by atoms with Gasteiger partial charge in [0.15, 0.2) is 11.5 Å². The summed E-state index contributed by atoms with van der Waals surface area (Å²) in [5.74, 6) is 0.292. The molecule has 0 saturated heterocycles. The van der Waals surface area contributed by atoms with E-state index in [1.54, 1.807) is 36.6 Å². The van der Waals surface area contributed by atoms with Gasteiger partial charge in [-0.3, -0.25) is 15.1 Å². The van der Waals surface area contributed by atoms with E-state index in [0.717, 1.165) is 5.56 Å². The van der Waals surface area contributed by atoms with Gasteiger partial charge in [-0.05, 0) is 55.3 Å². The number of benzene rings is 3. The lowest BCUT2D eigenvalue weighted by molar-refractivity contribution is -0.384. The van der Waals surface area contributed by atoms with Crippen molar-refractivity contribution in [3.63, 3.8) is 0 Å². The van der Waals surface area contributed by atoms with Gasteiger partial charge in [0.1, 0.15) is 4.90 Å². The van der Waals surface area contributed by atoms with Crippen LogP contribution in [0.3, 0.4) is 0 Å². The molecule has 3 aromatic rings. The topological polar surface area (TPSA) is 108 Å². The highest BCUT2D eigenvalue weighted by Gasteiger charge is 2.22. The molecular weight excluding hydrogens is 444 g/mol. The molecule has 0 aromatic heterocycles. The summed E-state index contributed by atoms with van der Waals surface area (Å²) in [5.41, 5.74) is 2.59. The first-order valence-electron chi connectivity index (χ1n) is 9.85. The second-order valence-corrected chi connectivity index (χ2v) is 8.63. The molecule has 0 bridgehead atoms. The van der Waals surface area contributed by atoms with Gasteiger partial charge in [-0.25, -0.2) is 0 Å². The minimum absolute atomic E-state index is 0.0276. The smallest absolute Gasteiger partial charge is 0.339 e. The molecule has 0 aliphatic rings. The summed E-state index contributed by atoms with van der Waals surface area (Å²) in [6.45, 7) is 5.59. The van der Waals surface area contributed by atoms with E-state index >= 15 is 0 Å². The van der Waals surface area contributed by atoms with E-state index in [-0.39, 0.29) is 22.1 Å². The van der Waals surface area contributed by atoms with Gasteiger partial charge in [-0.2, -0.15) is 8.42 Å². The minimum Gasteiger partial charge on any atom is -0.493 e. The van der Waals surface area contributed by atoms with Crippen molar-refractivity contribution in [3.05, 3.63) is 100 Å². The molecule has 170 valence electrons. The predicted octanol–water partition coefficient (Wildman–Crippen LogP) is 5.16. The van der Waals surface area contributed by atoms with Crippen molar-refractivity contribution in [2.75, 3.05) is 7.11 Å². The molecule has 0 N–H and O–H groups in total. The largest absolute Gasteiger partial charge is 0.493 e. The Morgan fingerprint density at radius 1 is 1.09 bits per heavy atom. The molecule has 0 heterocycles. The van der Waals surface area contributed by atoms with Crippen LogP contribution >= 0.6 is 0 Å². The van der Waals surface area contributed by atoms with Crippen molar-refractivity contribution in [1.82, 2.24) is 0 Å². The number of nitro groups is 1. The highest BCUT2D eigenvalue weighted by Crippen LogP contribution is 2.35. The van der Waals surface area contributed by atoms with Crippen LogP contribution in [-0.2, 0) is 16.5 Å². The summed E-state index contributed by atoms with van der Waals surface area (Å²) in [4.78, 5) is 14.7. The minimum atomic E-state index is -4.09. The molecule has 0 spiro atoms. The monoisotopic (exact) mass is 466 g/mol. The number of nitrogens with zero attached hydrogens (tertiary/aromatic N) is 2. The average molecular weight is 467 g/mol. The predicted molar refractivity (Wildman–Crippen MR) is 126 cm³/mol. The molecule has 0 unspecified atom stereocenters. The molecule has 0 aliphatic carbocycles. The lowest BCUT2D eigenvalue weighted by Gasteiger charge is -2.15. The van der Waals surface area contributed by atoms with Crippen LogP contribution in [0.25, 0.3) is 0 Å². The third-order valence-corrected chi connectivity index (χ3v) is 5.90. The third kappa shape index (κ3) is 5.83. The van der Waals surface area contributed by atoms with E-state index in [1.807, 2.05) is 6.92 Å². The molecule has 9 heteroatoms. The zero-order valence-corrected chi connectivity index (χ0v) is 18.9. The van der Waals surface area contributed by atoms with E-state index in [0.29, 0.717) is 23.2 Å². The van der Waals surface area contributed by atoms with Crippen molar-refractivity contribution in [2.45, 2.75) is 18.2 Å². The third-order valence-electron chi connectivity index (χ3n) is 4.66. The summed E-state index contributed by atoms with van der Waals surface area (Å²) in [6.07, 6.45) is 3.50. The summed E-state index contributed by atoms with van der Waals surface area (Å²) < 4.78 is 36.5. The molecule has 0 aliphatic heterocycles. The van der Waals surface area contributed by atoms with Gasteiger partial charge in [0.2, 0.25) is 0 Å². The van der Waals surface area contributed by atoms with Crippen molar-refractivity contribution in [2.24, 2.45) is 4.99 Å². The van der Waals surface area contributed by atoms with Gasteiger partial charge in [0.05, 0.1) is 17.7 Å². The van der Waals surface area contributed by atoms with Crippen molar-refractivity contribution < 1.29 is 22.3 Å². The van der Waals surface area contributed by atoms with Crippen molar-refractivity contribution in [1.29, 1.82) is 0 Å². The highest BCUT2D eigenvalue weighted by atomic mass is 32.2. The fourth-order valence-corrected chi connectivity index (χ4v) is 3.96. The first-order valence-corrected chi connectivity index (χ1v) is 11.3. The fraction of sp³-hybridized carbons (Fsp3) is 0.125. The molecule has 0 atom stereocenters. The summed E-state index contributed by atoms with van der Waals surface area (Å²) in [5, 5.41) is 10.8. The Morgan fingerprint density at radius 3 is 2.33 bits per heavy atom. The van der Waals surface area contributed by atoms with Crippen LogP contribution in [0.2, 0.25) is 0 Å². The fourth-order valence-electron chi connectivity index (χ4n) is 2.98. The van der Waals surface area contributed by atoms with E-state index in [9.17, 15) is 18.5 Å². The second-order valence-electron chi connectivity index (χ2n) is 7.09. The van der Waals surface area contributed by atoms with Gasteiger partial charge in [0, 0.05) is 23.9 Å². The van der Waals surface area contributed by atoms with E-state index in [4.69, 9.17) is 8.92 Å². The van der Waals surface area contributed by atoms with E-state index in [1.165, 1.54) is 43.5 Å². The number of aliphatic imine (C=N–C) groups is 1. The number of nitro benzene ring substituents is 1. The maximum absolute atomic E-state index is 12.8. The van der Waals surface area contributed by atoms with Gasteiger partial charge >= 0.3 is 10.1 Å². The zero-order chi connectivity index (χ0) is 24.0. The summed E-state index contributed by atoms with van der Waals surface area (Å²) in [6, 6.07) is 15.5. The molecule has 0 radical (unpaired) electrons. The molecular formula is C24H22N2O6S. The molecule has 3 aromatic carbocycles. The number of aryl methyl sites for hydroxylation is 1. The van der Waals surface area contributed by atoms with Crippen LogP contribution in [0.15, 0.2) is 83.2 Å². The van der Waals surface area contributed by atoms with E-state index in [2.05, 4.69) is 11.6 Å². The standard InChI is InChI=1S/C24H22N2O6S/c1-4-5-19-14-18(16-25-20-8-10-21(11-9-20)26(27)28)15-23(31-3)24(19)32-33(29,30)22-12-6-17(2)7-13-22/h4,6-16H,1,5H2,2-3H3. The van der Waals surface area contributed by atoms with Gasteiger partial charge < -0.3 is 8.92 Å². The molecule has 0 fully saturated rings. The number of hydrogen-bond donors (Lipinski definition) is 0. The Kier molecular flexibility index (Phi) is 7.24. The molecule has 8 nitrogen and oxygen atoms in total. The Balaban J connectivity index is 1.96. The SMILES string of the molecule is C=CCc1cc(C=Nc2ccc([N+](=O)[O-])cc2)cc(OC)c1OS(=O)(=O)c1ccc(C)cc1. The average Bonchev–Trinajstić information content (AvgIpc) is 2.79. The Hall–Kier alpha value is -3.98. The molecule has 0 amide bonds. The first kappa shape index (κ1) is 23.7. The quantitative estimate of drug-likeness (QED) is 0.142. The van der Waals surface area contributed by atoms with Crippen LogP contribution in [0, 0.1) is 17.0 Å². The molecule has 3 rings (SSSR count). The number of allylic oxidation sites excluding steroid dienone is 1. The number of non-ortho nitro benzene ring substituents is 1. The highest BCUT2D eigenvalue weighted by molar-refractivity contribution is 7.87. The second kappa shape index (κ2) is 10.1. The van der Waals surface area contributed by atoms with E-state index < -0.39 is 15.0 Å². The lowest BCUT2D eigenvalue weighted by Crippen LogP contribution is -2.12. The zero-order valence-electron chi connectivity index (χ0n) is 18.1. The van der Waals surface area contributed by atoms with Crippen molar-refractivity contribution >= 4 is 27.7 Å². The van der Waals surface area contributed by atoms with Crippen LogP contribution in [-0.4, -0.2) is 26.7 Å². The summed E-state index contributed by atoms with van der Waals surface area (Å²) >= 11 is 0. The molecule has 0 saturated carbocycles. The Bertz CT molecular complexity index is 1300. The van der Waals surface area contributed by atoms with Crippen LogP contribution < -0.4 is 8.92 Å². The summed E-state index contributed by atoms with van der Waals surface area (Å²) in [7, 11) is -2.67. The Labute approximate surface area is 192 Å². The number of methoxy groups -OCH3 is 1. The lowest BCUT2D eigenvalue weighted by atomic mass is 10.1. The normalized spacial score (nSPS) is 11.3. The van der Waals surface area contributed by atoms with Crippen molar-refractivity contribution in [3.8, 4) is 11.5 Å². The van der Waals surface area contributed by atoms with Crippen LogP contribution in [0.4, 0.5) is 11.4 Å². The maximum atomic E-state index is 12.8. The number of hydrogen-bond acceptors (Lipinski definition) is 7. The number of rotatable bonds is 9.